The molecule has 1 aliphatic heterocycles. The lowest BCUT2D eigenvalue weighted by atomic mass is 9.83. The number of hydrogen-bond donors (Lipinski definition) is 2. The number of ether oxygens (including phenoxy) is 3. The summed E-state index contributed by atoms with van der Waals surface area (Å²) in [7, 11) is 5.05. The lowest BCUT2D eigenvalue weighted by molar-refractivity contribution is -0.202. The van der Waals surface area contributed by atoms with Gasteiger partial charge in [-0.15, -0.1) is 0 Å². The third kappa shape index (κ3) is 15.9. The Hall–Kier alpha value is -6.31. The molecule has 0 spiro atoms. The fraction of sp³-hybridized carbons (Fsp3) is 0.448. The minimum absolute atomic E-state index is 0.121. The van der Waals surface area contributed by atoms with Crippen molar-refractivity contribution in [2.24, 2.45) is 13.0 Å². The number of halogens is 5. The van der Waals surface area contributed by atoms with E-state index in [-0.39, 0.29) is 26.1 Å². The Kier molecular flexibility index (Phi) is 19.9. The van der Waals surface area contributed by atoms with Gasteiger partial charge in [0.2, 0.25) is 17.7 Å². The van der Waals surface area contributed by atoms with Crippen LogP contribution in [-0.2, 0) is 66.4 Å². The number of nitrogens with one attached hydrogen (secondary N) is 2. The van der Waals surface area contributed by atoms with Crippen molar-refractivity contribution in [1.29, 1.82) is 0 Å². The summed E-state index contributed by atoms with van der Waals surface area (Å²) >= 11 is 12.7. The largest absolute Gasteiger partial charge is 0.491 e. The Bertz CT molecular complexity index is 2910. The van der Waals surface area contributed by atoms with Crippen molar-refractivity contribution >= 4 is 52.9 Å². The van der Waals surface area contributed by atoms with Crippen molar-refractivity contribution < 1.29 is 51.4 Å². The Morgan fingerprint density at radius 3 is 2.24 bits per heavy atom. The molecule has 20 heteroatoms. The standard InChI is InChI=1S/C58H68Cl2F3N7O8/c1-36(64-31-40-16-22-42(60)29-50(40)77-44-23-17-39(18-24-44)49-32-65-51(69(49)7)34-70-26-10-11-27-70)53(72)66-48(35-76-57(2,3)4)55(74)68(6)43(28-37-14-20-41(59)21-15-37)33-67(5)54(73)47(30-52(71)78-56(75)58(61,62)63)46-25-19-38-12-8-9-13-45(38)46/h8-9,12-18,20-24,29,32,36,43,46-48,64H,10-11,19,25-28,30-31,33-35H2,1-7H3,(H,66,72)/t36-,43+,46-,47-,48-/m0/s1. The summed E-state index contributed by atoms with van der Waals surface area (Å²) in [6, 6.07) is 24.3. The minimum Gasteiger partial charge on any atom is -0.457 e. The zero-order valence-corrected chi connectivity index (χ0v) is 46.5. The highest BCUT2D eigenvalue weighted by Gasteiger charge is 2.44. The number of aryl methyl sites for hydroxylation is 1. The zero-order chi connectivity index (χ0) is 56.5. The number of carbonyl (C=O) groups excluding carboxylic acids is 5. The Labute approximate surface area is 463 Å². The number of nitrogens with zero attached hydrogens (tertiary/aromatic N) is 5. The summed E-state index contributed by atoms with van der Waals surface area (Å²) in [5.41, 5.74) is 4.39. The van der Waals surface area contributed by atoms with Gasteiger partial charge in [-0.2, -0.15) is 13.2 Å². The van der Waals surface area contributed by atoms with Crippen LogP contribution >= 0.6 is 23.2 Å². The molecule has 0 bridgehead atoms. The SMILES string of the molecule is C[C@H](NCc1ccc(Cl)cc1Oc1ccc(-c2cnc(CN3CCCC3)n2C)cc1)C(=O)N[C@@H](COC(C)(C)C)C(=O)N(C)[C@H](Cc1ccc(Cl)cc1)CN(C)C(=O)[C@@H](CC(=O)OC(=O)C(F)(F)F)[C@H]1CCc2ccccc21. The average molecular weight is 1120 g/mol. The third-order valence-corrected chi connectivity index (χ3v) is 14.8. The number of likely N-dealkylation sites (N-methyl/N-ethyl adjacent to an activating group) is 2. The molecule has 3 amide bonds. The van der Waals surface area contributed by atoms with Gasteiger partial charge in [0.1, 0.15) is 23.4 Å². The number of rotatable bonds is 22. The number of fused-ring (bicyclic) bond motifs is 1. The van der Waals surface area contributed by atoms with E-state index >= 15 is 0 Å². The van der Waals surface area contributed by atoms with E-state index in [1.54, 1.807) is 68.6 Å². The molecule has 1 aliphatic carbocycles. The van der Waals surface area contributed by atoms with Crippen molar-refractivity contribution in [2.45, 2.75) is 115 Å². The number of carbonyl (C=O) groups is 5. The van der Waals surface area contributed by atoms with Gasteiger partial charge < -0.3 is 39.2 Å². The highest BCUT2D eigenvalue weighted by Crippen LogP contribution is 2.41. The van der Waals surface area contributed by atoms with Gasteiger partial charge in [-0.3, -0.25) is 24.1 Å². The van der Waals surface area contributed by atoms with Gasteiger partial charge in [0, 0.05) is 55.4 Å². The normalized spacial score (nSPS) is 16.2. The highest BCUT2D eigenvalue weighted by atomic mass is 35.5. The van der Waals surface area contributed by atoms with E-state index in [1.165, 1.54) is 29.7 Å². The summed E-state index contributed by atoms with van der Waals surface area (Å²) in [6.45, 7) is 9.91. The molecule has 7 rings (SSSR count). The molecule has 1 fully saturated rings. The monoisotopic (exact) mass is 1120 g/mol. The highest BCUT2D eigenvalue weighted by molar-refractivity contribution is 6.31. The van der Waals surface area contributed by atoms with Crippen molar-refractivity contribution in [3.63, 3.8) is 0 Å². The number of imidazole rings is 1. The minimum atomic E-state index is -5.42. The second-order valence-electron chi connectivity index (χ2n) is 21.1. The Morgan fingerprint density at radius 1 is 0.885 bits per heavy atom. The molecule has 418 valence electrons. The fourth-order valence-electron chi connectivity index (χ4n) is 9.88. The van der Waals surface area contributed by atoms with E-state index in [2.05, 4.69) is 24.8 Å². The smallest absolute Gasteiger partial charge is 0.457 e. The number of benzene rings is 4. The van der Waals surface area contributed by atoms with Crippen LogP contribution in [0.2, 0.25) is 10.0 Å². The predicted octanol–water partition coefficient (Wildman–Crippen LogP) is 9.46. The van der Waals surface area contributed by atoms with Crippen LogP contribution in [0.5, 0.6) is 11.5 Å². The van der Waals surface area contributed by atoms with E-state index in [4.69, 9.17) is 37.7 Å². The number of esters is 2. The van der Waals surface area contributed by atoms with Gasteiger partial charge in [-0.1, -0.05) is 65.7 Å². The Morgan fingerprint density at radius 2 is 1.56 bits per heavy atom. The van der Waals surface area contributed by atoms with E-state index in [0.717, 1.165) is 53.4 Å². The number of alkyl halides is 3. The number of aromatic nitrogens is 2. The van der Waals surface area contributed by atoms with Gasteiger partial charge >= 0.3 is 18.1 Å². The van der Waals surface area contributed by atoms with Crippen molar-refractivity contribution in [3.05, 3.63) is 135 Å². The molecule has 4 aromatic carbocycles. The van der Waals surface area contributed by atoms with Crippen LogP contribution in [0.25, 0.3) is 11.3 Å². The first-order chi connectivity index (χ1) is 36.9. The molecule has 2 aliphatic rings. The summed E-state index contributed by atoms with van der Waals surface area (Å²) < 4.78 is 58.3. The van der Waals surface area contributed by atoms with Crippen LogP contribution in [0.3, 0.4) is 0 Å². The van der Waals surface area contributed by atoms with Crippen LogP contribution in [0.4, 0.5) is 13.2 Å². The van der Waals surface area contributed by atoms with Gasteiger partial charge in [-0.25, -0.2) is 9.78 Å². The quantitative estimate of drug-likeness (QED) is 0.0501. The lowest BCUT2D eigenvalue weighted by Crippen LogP contribution is -2.57. The molecule has 15 nitrogen and oxygen atoms in total. The van der Waals surface area contributed by atoms with Gasteiger partial charge in [-0.05, 0) is 144 Å². The molecule has 0 unspecified atom stereocenters. The summed E-state index contributed by atoms with van der Waals surface area (Å²) in [5.74, 6) is -5.58. The predicted molar refractivity (Wildman–Crippen MR) is 291 cm³/mol. The molecular weight excluding hydrogens is 1050 g/mol. The van der Waals surface area contributed by atoms with Gasteiger partial charge in [0.15, 0.2) is 0 Å². The van der Waals surface area contributed by atoms with E-state index < -0.39 is 77.8 Å². The molecule has 2 heterocycles. The molecule has 5 aromatic rings. The van der Waals surface area contributed by atoms with E-state index in [9.17, 15) is 37.1 Å². The molecule has 0 saturated carbocycles. The maximum atomic E-state index is 14.8. The van der Waals surface area contributed by atoms with Crippen molar-refractivity contribution in [1.82, 2.24) is 34.9 Å². The maximum Gasteiger partial charge on any atom is 0.491 e. The first-order valence-corrected chi connectivity index (χ1v) is 26.8. The Balaban J connectivity index is 1.05. The van der Waals surface area contributed by atoms with E-state index in [0.29, 0.717) is 39.9 Å². The second-order valence-corrected chi connectivity index (χ2v) is 22.0. The first-order valence-electron chi connectivity index (χ1n) is 26.1. The van der Waals surface area contributed by atoms with Gasteiger partial charge in [0.05, 0.1) is 55.1 Å². The van der Waals surface area contributed by atoms with Crippen LogP contribution in [0, 0.1) is 5.92 Å². The van der Waals surface area contributed by atoms with Crippen LogP contribution in [0.15, 0.2) is 97.2 Å². The molecule has 0 radical (unpaired) electrons. The van der Waals surface area contributed by atoms with Crippen LogP contribution in [-0.4, -0.2) is 124 Å². The third-order valence-electron chi connectivity index (χ3n) is 14.3. The molecule has 2 N–H and O–H groups in total. The zero-order valence-electron chi connectivity index (χ0n) is 45.0. The second kappa shape index (κ2) is 26.1. The van der Waals surface area contributed by atoms with Crippen molar-refractivity contribution in [3.8, 4) is 22.8 Å². The number of hydrogen-bond acceptors (Lipinski definition) is 11. The molecular formula is C58H68Cl2F3N7O8. The topological polar surface area (TPSA) is 165 Å². The fourth-order valence-corrected chi connectivity index (χ4v) is 10.2. The van der Waals surface area contributed by atoms with Crippen LogP contribution in [0.1, 0.15) is 87.4 Å². The average Bonchev–Trinajstić information content (AvgIpc) is 4.17. The number of likely N-dealkylation sites (tertiary alicyclic amines) is 1. The van der Waals surface area contributed by atoms with E-state index in [1.807, 2.05) is 70.4 Å². The van der Waals surface area contributed by atoms with Crippen LogP contribution < -0.4 is 15.4 Å². The molecule has 78 heavy (non-hydrogen) atoms. The maximum absolute atomic E-state index is 14.8. The molecule has 1 aromatic heterocycles. The molecule has 1 saturated heterocycles. The lowest BCUT2D eigenvalue weighted by Gasteiger charge is -2.36. The summed E-state index contributed by atoms with van der Waals surface area (Å²) in [4.78, 5) is 78.2. The molecule has 5 atom stereocenters. The van der Waals surface area contributed by atoms with Crippen molar-refractivity contribution in [2.75, 3.05) is 40.3 Å². The first kappa shape index (κ1) is 59.4. The number of amides is 3. The summed E-state index contributed by atoms with van der Waals surface area (Å²) in [6.07, 6.45) is -0.774. The summed E-state index contributed by atoms with van der Waals surface area (Å²) in [5, 5.41) is 7.06. The van der Waals surface area contributed by atoms with Gasteiger partial charge in [0.25, 0.3) is 0 Å².